The fourth-order valence-corrected chi connectivity index (χ4v) is 2.43. The van der Waals surface area contributed by atoms with Crippen molar-refractivity contribution in [3.63, 3.8) is 0 Å². The van der Waals surface area contributed by atoms with Crippen LogP contribution in [0.2, 0.25) is 0 Å². The van der Waals surface area contributed by atoms with Crippen LogP contribution in [-0.4, -0.2) is 0 Å². The van der Waals surface area contributed by atoms with E-state index in [1.807, 2.05) is 18.2 Å². The van der Waals surface area contributed by atoms with Crippen LogP contribution in [0.4, 0.5) is 0 Å². The lowest BCUT2D eigenvalue weighted by Gasteiger charge is -2.02. The number of hydrogen-bond acceptors (Lipinski definition) is 0. The van der Waals surface area contributed by atoms with Gasteiger partial charge in [0, 0.05) is 8.96 Å². The molecule has 86 valence electrons. The van der Waals surface area contributed by atoms with Crippen LogP contribution in [0.15, 0.2) is 53.0 Å². The van der Waals surface area contributed by atoms with Crippen molar-refractivity contribution >= 4 is 42.4 Å². The van der Waals surface area contributed by atoms with E-state index >= 15 is 0 Å². The molecule has 0 radical (unpaired) electrons. The van der Waals surface area contributed by atoms with E-state index in [9.17, 15) is 0 Å². The molecule has 0 bridgehead atoms. The molecular formula is C15H12Br2. The Hall–Kier alpha value is -0.860. The van der Waals surface area contributed by atoms with Crippen LogP contribution in [0, 0.1) is 6.92 Å². The molecule has 0 spiro atoms. The van der Waals surface area contributed by atoms with Gasteiger partial charge in [0.25, 0.3) is 0 Å². The fourth-order valence-electron chi connectivity index (χ4n) is 1.52. The van der Waals surface area contributed by atoms with Gasteiger partial charge < -0.3 is 0 Å². The second-order valence-electron chi connectivity index (χ2n) is 3.88. The van der Waals surface area contributed by atoms with Gasteiger partial charge in [-0.3, -0.25) is 0 Å². The Morgan fingerprint density at radius 2 is 1.65 bits per heavy atom. The topological polar surface area (TPSA) is 0 Å². The molecule has 0 atom stereocenters. The highest BCUT2D eigenvalue weighted by atomic mass is 79.9. The summed E-state index contributed by atoms with van der Waals surface area (Å²) < 4.78 is 2.19. The van der Waals surface area contributed by atoms with Gasteiger partial charge >= 0.3 is 0 Å². The van der Waals surface area contributed by atoms with Gasteiger partial charge in [-0.15, -0.1) is 0 Å². The Kier molecular flexibility index (Phi) is 4.19. The number of halogens is 2. The molecule has 0 aliphatic rings. The lowest BCUT2D eigenvalue weighted by Crippen LogP contribution is -1.79. The summed E-state index contributed by atoms with van der Waals surface area (Å²) in [6, 6.07) is 16.6. The molecule has 0 nitrogen and oxygen atoms in total. The summed E-state index contributed by atoms with van der Waals surface area (Å²) in [5.41, 5.74) is 3.63. The van der Waals surface area contributed by atoms with Crippen molar-refractivity contribution in [2.24, 2.45) is 0 Å². The van der Waals surface area contributed by atoms with Crippen LogP contribution in [0.3, 0.4) is 0 Å². The summed E-state index contributed by atoms with van der Waals surface area (Å²) in [5.74, 6) is 0. The molecule has 2 aromatic rings. The van der Waals surface area contributed by atoms with Gasteiger partial charge in [0.15, 0.2) is 0 Å². The predicted molar refractivity (Wildman–Crippen MR) is 82.1 cm³/mol. The first-order valence-electron chi connectivity index (χ1n) is 5.35. The molecule has 0 N–H and O–H groups in total. The van der Waals surface area contributed by atoms with Gasteiger partial charge in [-0.1, -0.05) is 79.9 Å². The Balaban J connectivity index is 2.34. The number of aryl methyl sites for hydroxylation is 1. The van der Waals surface area contributed by atoms with Gasteiger partial charge in [0.2, 0.25) is 0 Å². The highest BCUT2D eigenvalue weighted by Gasteiger charge is 2.00. The fraction of sp³-hybridized carbons (Fsp3) is 0.0667. The summed E-state index contributed by atoms with van der Waals surface area (Å²) in [6.07, 6.45) is 2.12. The minimum atomic E-state index is 1.09. The van der Waals surface area contributed by atoms with Gasteiger partial charge in [0.05, 0.1) is 0 Å². The molecule has 17 heavy (non-hydrogen) atoms. The molecule has 2 heteroatoms. The zero-order valence-electron chi connectivity index (χ0n) is 9.45. The molecule has 0 aromatic heterocycles. The minimum absolute atomic E-state index is 1.09. The van der Waals surface area contributed by atoms with E-state index in [-0.39, 0.29) is 0 Å². The van der Waals surface area contributed by atoms with Gasteiger partial charge in [-0.05, 0) is 30.2 Å². The molecule has 0 fully saturated rings. The average molecular weight is 352 g/mol. The van der Waals surface area contributed by atoms with E-state index in [0.717, 1.165) is 8.96 Å². The van der Waals surface area contributed by atoms with E-state index in [0.29, 0.717) is 0 Å². The standard InChI is InChI=1S/C15H12Br2/c1-11-6-8-12(9-7-11)15(17)10-13-4-2-3-5-14(13)16/h2-10H,1H3/b15-10-. The summed E-state index contributed by atoms with van der Waals surface area (Å²) in [5, 5.41) is 0. The summed E-state index contributed by atoms with van der Waals surface area (Å²) >= 11 is 7.17. The van der Waals surface area contributed by atoms with Gasteiger partial charge in [0.1, 0.15) is 0 Å². The first-order valence-corrected chi connectivity index (χ1v) is 6.94. The lowest BCUT2D eigenvalue weighted by molar-refractivity contribution is 1.46. The maximum absolute atomic E-state index is 3.62. The van der Waals surface area contributed by atoms with Crippen molar-refractivity contribution in [3.8, 4) is 0 Å². The number of hydrogen-bond donors (Lipinski definition) is 0. The van der Waals surface area contributed by atoms with Crippen LogP contribution in [0.1, 0.15) is 16.7 Å². The largest absolute Gasteiger partial charge is 0.0616 e. The maximum atomic E-state index is 3.62. The number of rotatable bonds is 2. The smallest absolute Gasteiger partial charge is 0.0254 e. The van der Waals surface area contributed by atoms with E-state index in [2.05, 4.69) is 75.2 Å². The minimum Gasteiger partial charge on any atom is -0.0616 e. The third kappa shape index (κ3) is 3.30. The SMILES string of the molecule is Cc1ccc(/C(Br)=C/c2ccccc2Br)cc1. The zero-order valence-corrected chi connectivity index (χ0v) is 12.6. The molecule has 0 amide bonds. The van der Waals surface area contributed by atoms with Crippen LogP contribution in [-0.2, 0) is 0 Å². The molecule has 0 unspecified atom stereocenters. The normalized spacial score (nSPS) is 11.6. The van der Waals surface area contributed by atoms with E-state index in [1.165, 1.54) is 16.7 Å². The number of benzene rings is 2. The van der Waals surface area contributed by atoms with Crippen molar-refractivity contribution < 1.29 is 0 Å². The predicted octanol–water partition coefficient (Wildman–Crippen LogP) is 5.65. The molecule has 0 aliphatic heterocycles. The van der Waals surface area contributed by atoms with Crippen molar-refractivity contribution in [3.05, 3.63) is 69.7 Å². The zero-order chi connectivity index (χ0) is 12.3. The second kappa shape index (κ2) is 5.65. The van der Waals surface area contributed by atoms with E-state index in [1.54, 1.807) is 0 Å². The van der Waals surface area contributed by atoms with E-state index < -0.39 is 0 Å². The summed E-state index contributed by atoms with van der Waals surface area (Å²) in [6.45, 7) is 2.09. The lowest BCUT2D eigenvalue weighted by atomic mass is 10.1. The molecule has 0 saturated carbocycles. The summed E-state index contributed by atoms with van der Waals surface area (Å²) in [7, 11) is 0. The molecule has 0 aliphatic carbocycles. The Morgan fingerprint density at radius 3 is 2.29 bits per heavy atom. The first kappa shape index (κ1) is 12.6. The van der Waals surface area contributed by atoms with Gasteiger partial charge in [-0.2, -0.15) is 0 Å². The quantitative estimate of drug-likeness (QED) is 0.613. The molecular weight excluding hydrogens is 340 g/mol. The summed E-state index contributed by atoms with van der Waals surface area (Å²) in [4.78, 5) is 0. The maximum Gasteiger partial charge on any atom is 0.0254 e. The Bertz CT molecular complexity index is 539. The Labute approximate surface area is 119 Å². The van der Waals surface area contributed by atoms with Crippen molar-refractivity contribution in [2.75, 3.05) is 0 Å². The first-order chi connectivity index (χ1) is 8.16. The van der Waals surface area contributed by atoms with Crippen LogP contribution < -0.4 is 0 Å². The van der Waals surface area contributed by atoms with Gasteiger partial charge in [-0.25, -0.2) is 0 Å². The molecule has 2 aromatic carbocycles. The van der Waals surface area contributed by atoms with Crippen LogP contribution in [0.25, 0.3) is 10.6 Å². The molecule has 2 rings (SSSR count). The third-order valence-corrected chi connectivity index (χ3v) is 3.92. The van der Waals surface area contributed by atoms with Crippen LogP contribution in [0.5, 0.6) is 0 Å². The van der Waals surface area contributed by atoms with Crippen molar-refractivity contribution in [1.29, 1.82) is 0 Å². The average Bonchev–Trinajstić information content (AvgIpc) is 2.33. The highest BCUT2D eigenvalue weighted by molar-refractivity contribution is 9.15. The molecule has 0 heterocycles. The highest BCUT2D eigenvalue weighted by Crippen LogP contribution is 2.27. The third-order valence-electron chi connectivity index (χ3n) is 2.51. The van der Waals surface area contributed by atoms with Crippen molar-refractivity contribution in [1.82, 2.24) is 0 Å². The second-order valence-corrected chi connectivity index (χ2v) is 5.59. The Morgan fingerprint density at radius 1 is 1.00 bits per heavy atom. The molecule has 0 saturated heterocycles. The van der Waals surface area contributed by atoms with Crippen molar-refractivity contribution in [2.45, 2.75) is 6.92 Å². The monoisotopic (exact) mass is 350 g/mol. The van der Waals surface area contributed by atoms with E-state index in [4.69, 9.17) is 0 Å². The van der Waals surface area contributed by atoms with Crippen LogP contribution >= 0.6 is 31.9 Å².